The van der Waals surface area contributed by atoms with E-state index in [9.17, 15) is 0 Å². The fourth-order valence-corrected chi connectivity index (χ4v) is 5.37. The molecule has 35 heavy (non-hydrogen) atoms. The molecule has 2 aliphatic rings. The zero-order valence-electron chi connectivity index (χ0n) is 19.9. The first-order valence-corrected chi connectivity index (χ1v) is 12.5. The van der Waals surface area contributed by atoms with Crippen LogP contribution in [0.15, 0.2) is 48.7 Å². The Morgan fingerprint density at radius 3 is 2.51 bits per heavy atom. The fraction of sp³-hybridized carbons (Fsp3) is 0.407. The standard InChI is InChI=1S/C27H28Cl2N2O4/c1-15-24(32-2)14-25(33-3)27(34-15)35-20-11-16-4-5-17(10-18(16)12-20)23-8-9-30-26(31-23)21-7-6-19(28)13-22(21)29/h4-10,13,15,20,24-25,27H,11-12,14H2,1-3H3/t15-,20?,24?,25+,27?/m0/s1. The minimum absolute atomic E-state index is 0.00337. The molecule has 5 atom stereocenters. The highest BCUT2D eigenvalue weighted by molar-refractivity contribution is 6.36. The van der Waals surface area contributed by atoms with Crippen molar-refractivity contribution in [3.8, 4) is 22.6 Å². The van der Waals surface area contributed by atoms with Crippen molar-refractivity contribution in [2.24, 2.45) is 0 Å². The Bertz CT molecular complexity index is 1210. The molecule has 6 nitrogen and oxygen atoms in total. The van der Waals surface area contributed by atoms with E-state index >= 15 is 0 Å². The van der Waals surface area contributed by atoms with Crippen molar-refractivity contribution in [1.29, 1.82) is 0 Å². The number of fused-ring (bicyclic) bond motifs is 1. The van der Waals surface area contributed by atoms with E-state index in [1.807, 2.05) is 19.1 Å². The first kappa shape index (κ1) is 24.6. The maximum atomic E-state index is 6.39. The molecule has 1 saturated heterocycles. The van der Waals surface area contributed by atoms with E-state index in [1.54, 1.807) is 32.5 Å². The number of halogens is 2. The maximum absolute atomic E-state index is 6.39. The lowest BCUT2D eigenvalue weighted by Crippen LogP contribution is -2.49. The Labute approximate surface area is 215 Å². The number of ether oxygens (including phenoxy) is 4. The third-order valence-electron chi connectivity index (χ3n) is 6.80. The van der Waals surface area contributed by atoms with Gasteiger partial charge in [-0.1, -0.05) is 35.3 Å². The van der Waals surface area contributed by atoms with Gasteiger partial charge in [-0.15, -0.1) is 0 Å². The summed E-state index contributed by atoms with van der Waals surface area (Å²) in [6.45, 7) is 2.01. The molecule has 0 radical (unpaired) electrons. The van der Waals surface area contributed by atoms with Gasteiger partial charge in [0.15, 0.2) is 12.1 Å². The number of nitrogens with zero attached hydrogens (tertiary/aromatic N) is 2. The van der Waals surface area contributed by atoms with Crippen LogP contribution in [0.25, 0.3) is 22.6 Å². The largest absolute Gasteiger partial charge is 0.379 e. The van der Waals surface area contributed by atoms with Gasteiger partial charge in [-0.2, -0.15) is 0 Å². The topological polar surface area (TPSA) is 62.7 Å². The summed E-state index contributed by atoms with van der Waals surface area (Å²) in [5, 5.41) is 1.10. The highest BCUT2D eigenvalue weighted by Gasteiger charge is 2.39. The van der Waals surface area contributed by atoms with Crippen LogP contribution in [0.2, 0.25) is 10.0 Å². The summed E-state index contributed by atoms with van der Waals surface area (Å²) >= 11 is 12.4. The molecule has 184 valence electrons. The second-order valence-corrected chi connectivity index (χ2v) is 9.88. The number of aromatic nitrogens is 2. The average molecular weight is 515 g/mol. The van der Waals surface area contributed by atoms with Gasteiger partial charge in [0.05, 0.1) is 29.0 Å². The summed E-state index contributed by atoms with van der Waals surface area (Å²) in [6, 6.07) is 13.7. The molecule has 1 aromatic heterocycles. The number of hydrogen-bond donors (Lipinski definition) is 0. The van der Waals surface area contributed by atoms with Crippen LogP contribution in [0.3, 0.4) is 0 Å². The van der Waals surface area contributed by atoms with Gasteiger partial charge in [-0.05, 0) is 61.2 Å². The van der Waals surface area contributed by atoms with Gasteiger partial charge in [-0.3, -0.25) is 0 Å². The molecule has 3 aromatic rings. The Morgan fingerprint density at radius 1 is 0.943 bits per heavy atom. The van der Waals surface area contributed by atoms with Gasteiger partial charge in [0.2, 0.25) is 0 Å². The lowest BCUT2D eigenvalue weighted by molar-refractivity contribution is -0.281. The zero-order valence-corrected chi connectivity index (χ0v) is 21.4. The van der Waals surface area contributed by atoms with E-state index in [2.05, 4.69) is 23.2 Å². The number of rotatable bonds is 6. The molecule has 5 rings (SSSR count). The third-order valence-corrected chi connectivity index (χ3v) is 7.35. The van der Waals surface area contributed by atoms with Crippen molar-refractivity contribution in [3.05, 3.63) is 69.8 Å². The van der Waals surface area contributed by atoms with Crippen LogP contribution in [0, 0.1) is 0 Å². The third kappa shape index (κ3) is 5.24. The minimum atomic E-state index is -0.409. The van der Waals surface area contributed by atoms with Crippen LogP contribution >= 0.6 is 23.2 Å². The molecule has 3 unspecified atom stereocenters. The quantitative estimate of drug-likeness (QED) is 0.416. The summed E-state index contributed by atoms with van der Waals surface area (Å²) in [5.41, 5.74) is 5.14. The molecule has 0 bridgehead atoms. The average Bonchev–Trinajstić information content (AvgIpc) is 3.26. The van der Waals surface area contributed by atoms with Crippen molar-refractivity contribution < 1.29 is 18.9 Å². The SMILES string of the molecule is COC1C[C@@H](OC)C(OC2Cc3ccc(-c4ccnc(-c5ccc(Cl)cc5Cl)n4)cc3C2)O[C@H]1C. The first-order valence-electron chi connectivity index (χ1n) is 11.7. The second-order valence-electron chi connectivity index (χ2n) is 9.03. The molecule has 0 N–H and O–H groups in total. The van der Waals surface area contributed by atoms with Crippen molar-refractivity contribution in [2.75, 3.05) is 14.2 Å². The Balaban J connectivity index is 1.31. The van der Waals surface area contributed by atoms with E-state index in [-0.39, 0.29) is 24.4 Å². The van der Waals surface area contributed by atoms with Crippen LogP contribution in [-0.2, 0) is 31.8 Å². The van der Waals surface area contributed by atoms with Crippen molar-refractivity contribution in [3.63, 3.8) is 0 Å². The highest BCUT2D eigenvalue weighted by atomic mass is 35.5. The van der Waals surface area contributed by atoms with Gasteiger partial charge in [0, 0.05) is 43.0 Å². The summed E-state index contributed by atoms with van der Waals surface area (Å²) in [5.74, 6) is 0.564. The van der Waals surface area contributed by atoms with Crippen LogP contribution in [0.5, 0.6) is 0 Å². The number of hydrogen-bond acceptors (Lipinski definition) is 6. The van der Waals surface area contributed by atoms with Gasteiger partial charge < -0.3 is 18.9 Å². The van der Waals surface area contributed by atoms with Crippen LogP contribution in [0.1, 0.15) is 24.5 Å². The van der Waals surface area contributed by atoms with E-state index in [0.29, 0.717) is 15.9 Å². The smallest absolute Gasteiger partial charge is 0.184 e. The molecule has 0 saturated carbocycles. The molecule has 2 heterocycles. The minimum Gasteiger partial charge on any atom is -0.379 e. The fourth-order valence-electron chi connectivity index (χ4n) is 4.88. The van der Waals surface area contributed by atoms with Crippen molar-refractivity contribution >= 4 is 23.2 Å². The predicted octanol–water partition coefficient (Wildman–Crippen LogP) is 5.77. The van der Waals surface area contributed by atoms with E-state index in [1.165, 1.54) is 11.1 Å². The predicted molar refractivity (Wildman–Crippen MR) is 136 cm³/mol. The summed E-state index contributed by atoms with van der Waals surface area (Å²) in [6.07, 6.45) is 3.56. The molecule has 1 aliphatic carbocycles. The maximum Gasteiger partial charge on any atom is 0.184 e. The molecule has 8 heteroatoms. The van der Waals surface area contributed by atoms with Gasteiger partial charge in [0.25, 0.3) is 0 Å². The molecular weight excluding hydrogens is 487 g/mol. The van der Waals surface area contributed by atoms with Gasteiger partial charge >= 0.3 is 0 Å². The number of benzene rings is 2. The first-order chi connectivity index (χ1) is 16.9. The molecule has 1 aliphatic heterocycles. The Hall–Kier alpha value is -2.06. The molecule has 1 fully saturated rings. The van der Waals surface area contributed by atoms with Crippen LogP contribution in [0.4, 0.5) is 0 Å². The van der Waals surface area contributed by atoms with E-state index in [4.69, 9.17) is 47.1 Å². The summed E-state index contributed by atoms with van der Waals surface area (Å²) in [7, 11) is 3.39. The summed E-state index contributed by atoms with van der Waals surface area (Å²) < 4.78 is 23.7. The van der Waals surface area contributed by atoms with Crippen molar-refractivity contribution in [1.82, 2.24) is 9.97 Å². The molecular formula is C27H28Cl2N2O4. The van der Waals surface area contributed by atoms with Gasteiger partial charge in [-0.25, -0.2) is 9.97 Å². The Kier molecular flexibility index (Phi) is 7.39. The normalized spacial score (nSPS) is 26.0. The lowest BCUT2D eigenvalue weighted by Gasteiger charge is -2.39. The number of methoxy groups -OCH3 is 2. The molecule has 2 aromatic carbocycles. The monoisotopic (exact) mass is 514 g/mol. The van der Waals surface area contributed by atoms with E-state index < -0.39 is 6.29 Å². The van der Waals surface area contributed by atoms with Gasteiger partial charge in [0.1, 0.15) is 6.10 Å². The molecule has 0 amide bonds. The molecule has 0 spiro atoms. The highest BCUT2D eigenvalue weighted by Crippen LogP contribution is 2.33. The zero-order chi connectivity index (χ0) is 24.5. The Morgan fingerprint density at radius 2 is 1.74 bits per heavy atom. The van der Waals surface area contributed by atoms with Crippen LogP contribution in [-0.4, -0.2) is 54.9 Å². The van der Waals surface area contributed by atoms with Crippen LogP contribution < -0.4 is 0 Å². The van der Waals surface area contributed by atoms with Crippen molar-refractivity contribution in [2.45, 2.75) is 56.9 Å². The summed E-state index contributed by atoms with van der Waals surface area (Å²) in [4.78, 5) is 9.18. The van der Waals surface area contributed by atoms with E-state index in [0.717, 1.165) is 36.1 Å². The second kappa shape index (κ2) is 10.5. The lowest BCUT2D eigenvalue weighted by atomic mass is 10.0.